The van der Waals surface area contributed by atoms with Gasteiger partial charge in [0, 0.05) is 31.1 Å². The Kier molecular flexibility index (Phi) is 3.79. The van der Waals surface area contributed by atoms with Crippen molar-refractivity contribution in [3.05, 3.63) is 17.7 Å². The van der Waals surface area contributed by atoms with E-state index in [1.807, 2.05) is 13.8 Å². The van der Waals surface area contributed by atoms with E-state index in [-0.39, 0.29) is 29.6 Å². The molecule has 0 aromatic rings. The van der Waals surface area contributed by atoms with Gasteiger partial charge < -0.3 is 5.53 Å². The minimum absolute atomic E-state index is 0.0734. The van der Waals surface area contributed by atoms with E-state index in [0.717, 1.165) is 5.57 Å². The molecule has 1 saturated carbocycles. The highest BCUT2D eigenvalue weighted by Crippen LogP contribution is 2.45. The minimum atomic E-state index is -0.516. The zero-order valence-electron chi connectivity index (χ0n) is 10.6. The minimum Gasteiger partial charge on any atom is -0.361 e. The van der Waals surface area contributed by atoms with Crippen LogP contribution >= 0.6 is 0 Å². The van der Waals surface area contributed by atoms with Crippen LogP contribution in [-0.4, -0.2) is 22.1 Å². The SMILES string of the molecule is C=C1CCC(=O)C(C)C1(C)CC(=O)C(C)=[N+]=[N-]. The number of rotatable bonds is 3. The maximum absolute atomic E-state index is 11.8. The van der Waals surface area contributed by atoms with Crippen molar-refractivity contribution in [3.63, 3.8) is 0 Å². The second-order valence-corrected chi connectivity index (χ2v) is 4.99. The molecule has 0 aromatic heterocycles. The molecule has 0 spiro atoms. The van der Waals surface area contributed by atoms with Crippen LogP contribution in [0.3, 0.4) is 0 Å². The third-order valence-electron chi connectivity index (χ3n) is 4.00. The van der Waals surface area contributed by atoms with Crippen LogP contribution in [0, 0.1) is 11.3 Å². The summed E-state index contributed by atoms with van der Waals surface area (Å²) in [5.74, 6) is -0.275. The van der Waals surface area contributed by atoms with Gasteiger partial charge in [-0.1, -0.05) is 26.0 Å². The molecule has 4 heteroatoms. The molecule has 0 aromatic carbocycles. The number of hydrogen-bond donors (Lipinski definition) is 0. The number of ketones is 2. The van der Waals surface area contributed by atoms with Gasteiger partial charge in [0.25, 0.3) is 0 Å². The van der Waals surface area contributed by atoms with Gasteiger partial charge in [-0.25, -0.2) is 0 Å². The molecule has 0 radical (unpaired) electrons. The molecule has 1 fully saturated rings. The van der Waals surface area contributed by atoms with Crippen LogP contribution in [0.4, 0.5) is 0 Å². The number of nitrogens with zero attached hydrogens (tertiary/aromatic N) is 2. The van der Waals surface area contributed by atoms with Crippen molar-refractivity contribution in [1.82, 2.24) is 0 Å². The molecule has 2 atom stereocenters. The molecule has 0 amide bonds. The van der Waals surface area contributed by atoms with Gasteiger partial charge in [-0.2, -0.15) is 4.79 Å². The highest BCUT2D eigenvalue weighted by atomic mass is 16.1. The molecule has 1 aliphatic rings. The van der Waals surface area contributed by atoms with E-state index in [1.54, 1.807) is 0 Å². The Bertz CT molecular complexity index is 433. The summed E-state index contributed by atoms with van der Waals surface area (Å²) in [5, 5.41) is 0. The predicted octanol–water partition coefficient (Wildman–Crippen LogP) is 2.20. The van der Waals surface area contributed by atoms with Crippen LogP contribution < -0.4 is 0 Å². The van der Waals surface area contributed by atoms with E-state index in [1.165, 1.54) is 6.92 Å². The number of carbonyl (C=O) groups is 2. The summed E-state index contributed by atoms with van der Waals surface area (Å²) in [6, 6.07) is 0. The molecule has 2 unspecified atom stereocenters. The molecule has 1 aliphatic carbocycles. The van der Waals surface area contributed by atoms with Crippen LogP contribution in [0.1, 0.15) is 40.0 Å². The molecular formula is C13H18N2O2. The van der Waals surface area contributed by atoms with Crippen LogP contribution in [0.5, 0.6) is 0 Å². The average Bonchev–Trinajstić information content (AvgIpc) is 2.31. The number of allylic oxidation sites excluding steroid dienone is 1. The maximum Gasteiger partial charge on any atom is 0.331 e. The van der Waals surface area contributed by atoms with Gasteiger partial charge in [-0.05, 0) is 6.42 Å². The molecule has 17 heavy (non-hydrogen) atoms. The average molecular weight is 234 g/mol. The Morgan fingerprint density at radius 3 is 2.71 bits per heavy atom. The van der Waals surface area contributed by atoms with Crippen molar-refractivity contribution in [2.75, 3.05) is 0 Å². The van der Waals surface area contributed by atoms with Gasteiger partial charge in [-0.15, -0.1) is 0 Å². The molecule has 0 heterocycles. The van der Waals surface area contributed by atoms with E-state index in [4.69, 9.17) is 5.53 Å². The first kappa shape index (κ1) is 13.5. The van der Waals surface area contributed by atoms with Crippen molar-refractivity contribution in [3.8, 4) is 0 Å². The summed E-state index contributed by atoms with van der Waals surface area (Å²) in [5.41, 5.74) is 9.07. The lowest BCUT2D eigenvalue weighted by atomic mass is 9.62. The van der Waals surface area contributed by atoms with Gasteiger partial charge >= 0.3 is 5.71 Å². The lowest BCUT2D eigenvalue weighted by Gasteiger charge is -2.39. The molecular weight excluding hydrogens is 216 g/mol. The van der Waals surface area contributed by atoms with Gasteiger partial charge in [0.1, 0.15) is 5.78 Å². The van der Waals surface area contributed by atoms with E-state index in [2.05, 4.69) is 11.4 Å². The first-order valence-electron chi connectivity index (χ1n) is 5.75. The Labute approximate surface area is 101 Å². The van der Waals surface area contributed by atoms with Gasteiger partial charge in [0.2, 0.25) is 5.78 Å². The number of Topliss-reactive ketones (excluding diaryl/α,β-unsaturated/α-hetero) is 2. The molecule has 1 rings (SSSR count). The molecule has 4 nitrogen and oxygen atoms in total. The third kappa shape index (κ3) is 2.42. The zero-order chi connectivity index (χ0) is 13.2. The van der Waals surface area contributed by atoms with E-state index in [9.17, 15) is 9.59 Å². The molecule has 0 N–H and O–H groups in total. The summed E-state index contributed by atoms with van der Waals surface area (Å²) >= 11 is 0. The lowest BCUT2D eigenvalue weighted by Crippen LogP contribution is -2.39. The summed E-state index contributed by atoms with van der Waals surface area (Å²) in [4.78, 5) is 26.5. The summed E-state index contributed by atoms with van der Waals surface area (Å²) < 4.78 is 0. The van der Waals surface area contributed by atoms with Crippen molar-refractivity contribution < 1.29 is 14.4 Å². The van der Waals surface area contributed by atoms with Gasteiger partial charge in [0.15, 0.2) is 0 Å². The molecule has 0 aliphatic heterocycles. The molecule has 0 bridgehead atoms. The lowest BCUT2D eigenvalue weighted by molar-refractivity contribution is -0.128. The molecule has 92 valence electrons. The first-order chi connectivity index (χ1) is 7.82. The van der Waals surface area contributed by atoms with Gasteiger partial charge in [-0.3, -0.25) is 9.59 Å². The fourth-order valence-corrected chi connectivity index (χ4v) is 2.23. The van der Waals surface area contributed by atoms with Crippen molar-refractivity contribution >= 4 is 17.3 Å². The van der Waals surface area contributed by atoms with E-state index in [0.29, 0.717) is 12.8 Å². The maximum atomic E-state index is 11.8. The monoisotopic (exact) mass is 234 g/mol. The van der Waals surface area contributed by atoms with Crippen molar-refractivity contribution in [1.29, 1.82) is 0 Å². The highest BCUT2D eigenvalue weighted by molar-refractivity contribution is 6.36. The van der Waals surface area contributed by atoms with E-state index < -0.39 is 5.41 Å². The Morgan fingerprint density at radius 1 is 1.59 bits per heavy atom. The summed E-state index contributed by atoms with van der Waals surface area (Å²) in [6.45, 7) is 9.17. The topological polar surface area (TPSA) is 70.5 Å². The third-order valence-corrected chi connectivity index (χ3v) is 4.00. The largest absolute Gasteiger partial charge is 0.361 e. The normalized spacial score (nSPS) is 28.8. The van der Waals surface area contributed by atoms with Gasteiger partial charge in [0.05, 0.1) is 0 Å². The second kappa shape index (κ2) is 4.76. The summed E-state index contributed by atoms with van der Waals surface area (Å²) in [6.07, 6.45) is 1.33. The highest BCUT2D eigenvalue weighted by Gasteiger charge is 2.43. The smallest absolute Gasteiger partial charge is 0.331 e. The zero-order valence-corrected chi connectivity index (χ0v) is 10.6. The van der Waals surface area contributed by atoms with Crippen LogP contribution in [0.25, 0.3) is 5.53 Å². The second-order valence-electron chi connectivity index (χ2n) is 4.99. The Hall–Kier alpha value is -1.54. The van der Waals surface area contributed by atoms with Crippen molar-refractivity contribution in [2.45, 2.75) is 40.0 Å². The van der Waals surface area contributed by atoms with Crippen LogP contribution in [0.15, 0.2) is 12.2 Å². The quantitative estimate of drug-likeness (QED) is 0.325. The van der Waals surface area contributed by atoms with Crippen molar-refractivity contribution in [2.24, 2.45) is 11.3 Å². The van der Waals surface area contributed by atoms with Crippen LogP contribution in [-0.2, 0) is 9.59 Å². The standard InChI is InChI=1S/C13H18N2O2/c1-8-5-6-11(16)9(2)13(8,4)7-12(17)10(3)15-14/h9H,1,5-7H2,2-4H3. The fourth-order valence-electron chi connectivity index (χ4n) is 2.23. The summed E-state index contributed by atoms with van der Waals surface area (Å²) in [7, 11) is 0. The Morgan fingerprint density at radius 2 is 2.18 bits per heavy atom. The first-order valence-corrected chi connectivity index (χ1v) is 5.75. The van der Waals surface area contributed by atoms with E-state index >= 15 is 0 Å². The Balaban J connectivity index is 2.99. The fraction of sp³-hybridized carbons (Fsp3) is 0.615. The van der Waals surface area contributed by atoms with Crippen LogP contribution in [0.2, 0.25) is 0 Å². The predicted molar refractivity (Wildman–Crippen MR) is 64.6 cm³/mol. The number of hydrogen-bond acceptors (Lipinski definition) is 2. The molecule has 0 saturated heterocycles. The number of carbonyl (C=O) groups excluding carboxylic acids is 2.